The molecule has 2 amide bonds. The summed E-state index contributed by atoms with van der Waals surface area (Å²) in [6.45, 7) is 1.25. The number of aliphatic imine (C=N–C) groups is 1. The number of aromatic nitrogens is 2. The smallest absolute Gasteiger partial charge is 0.323 e. The molecular formula is C19H23N7OS. The van der Waals surface area contributed by atoms with Gasteiger partial charge in [-0.1, -0.05) is 30.3 Å². The number of likely N-dealkylation sites (tertiary alicyclic amines) is 1. The number of nitrogens with one attached hydrogen (secondary N) is 1. The first-order chi connectivity index (χ1) is 13.5. The van der Waals surface area contributed by atoms with Gasteiger partial charge in [0.1, 0.15) is 5.84 Å². The molecule has 2 aromatic rings. The van der Waals surface area contributed by atoms with E-state index in [1.165, 1.54) is 6.20 Å². The van der Waals surface area contributed by atoms with Crippen LogP contribution in [0.25, 0.3) is 0 Å². The van der Waals surface area contributed by atoms with Crippen molar-refractivity contribution < 1.29 is 4.79 Å². The van der Waals surface area contributed by atoms with Crippen LogP contribution in [0.1, 0.15) is 18.4 Å². The zero-order valence-corrected chi connectivity index (χ0v) is 16.5. The predicted molar refractivity (Wildman–Crippen MR) is 113 cm³/mol. The van der Waals surface area contributed by atoms with Crippen molar-refractivity contribution in [2.24, 2.45) is 10.7 Å². The number of anilines is 1. The van der Waals surface area contributed by atoms with Crippen molar-refractivity contribution in [1.82, 2.24) is 19.8 Å². The van der Waals surface area contributed by atoms with Gasteiger partial charge < -0.3 is 15.5 Å². The summed E-state index contributed by atoms with van der Waals surface area (Å²) in [5.74, 6) is 0.844. The zero-order valence-electron chi connectivity index (χ0n) is 15.7. The van der Waals surface area contributed by atoms with E-state index in [4.69, 9.17) is 18.0 Å². The number of carbonyl (C=O) groups is 1. The predicted octanol–water partition coefficient (Wildman–Crippen LogP) is 2.10. The Hall–Kier alpha value is -3.07. The maximum atomic E-state index is 12.3. The van der Waals surface area contributed by atoms with Crippen LogP contribution in [0.5, 0.6) is 0 Å². The van der Waals surface area contributed by atoms with Gasteiger partial charge in [0.25, 0.3) is 0 Å². The Labute approximate surface area is 169 Å². The summed E-state index contributed by atoms with van der Waals surface area (Å²) in [5.41, 5.74) is 6.90. The SMILES string of the molecule is CN(C(=S)/N=C(\N)c1ccccc1)C1CCN(C(=O)Nc2cnccn2)CC1. The molecule has 1 aromatic carbocycles. The van der Waals surface area contributed by atoms with Crippen molar-refractivity contribution in [1.29, 1.82) is 0 Å². The first-order valence-corrected chi connectivity index (χ1v) is 9.43. The van der Waals surface area contributed by atoms with Gasteiger partial charge in [0.2, 0.25) is 0 Å². The van der Waals surface area contributed by atoms with Crippen LogP contribution in [0.2, 0.25) is 0 Å². The lowest BCUT2D eigenvalue weighted by molar-refractivity contribution is 0.172. The van der Waals surface area contributed by atoms with Crippen LogP contribution in [-0.2, 0) is 0 Å². The molecule has 1 aliphatic rings. The highest BCUT2D eigenvalue weighted by molar-refractivity contribution is 7.80. The number of rotatable bonds is 3. The van der Waals surface area contributed by atoms with Crippen molar-refractivity contribution in [2.45, 2.75) is 18.9 Å². The van der Waals surface area contributed by atoms with E-state index in [-0.39, 0.29) is 12.1 Å². The number of hydrogen-bond acceptors (Lipinski definition) is 4. The molecule has 8 nitrogen and oxygen atoms in total. The molecule has 0 saturated carbocycles. The minimum absolute atomic E-state index is 0.171. The number of nitrogens with two attached hydrogens (primary N) is 1. The lowest BCUT2D eigenvalue weighted by Gasteiger charge is -2.36. The molecule has 0 unspecified atom stereocenters. The topological polar surface area (TPSA) is 99.7 Å². The second kappa shape index (κ2) is 9.23. The molecule has 3 N–H and O–H groups in total. The van der Waals surface area contributed by atoms with Gasteiger partial charge in [0.05, 0.1) is 6.20 Å². The average Bonchev–Trinajstić information content (AvgIpc) is 2.74. The van der Waals surface area contributed by atoms with E-state index < -0.39 is 0 Å². The van der Waals surface area contributed by atoms with Crippen LogP contribution >= 0.6 is 12.2 Å². The van der Waals surface area contributed by atoms with Gasteiger partial charge >= 0.3 is 6.03 Å². The molecule has 28 heavy (non-hydrogen) atoms. The molecule has 2 heterocycles. The number of nitrogens with zero attached hydrogens (tertiary/aromatic N) is 5. The number of urea groups is 1. The van der Waals surface area contributed by atoms with E-state index in [1.807, 2.05) is 42.3 Å². The number of benzene rings is 1. The van der Waals surface area contributed by atoms with E-state index >= 15 is 0 Å². The van der Waals surface area contributed by atoms with Gasteiger partial charge in [-0.3, -0.25) is 10.3 Å². The summed E-state index contributed by atoms with van der Waals surface area (Å²) >= 11 is 5.45. The highest BCUT2D eigenvalue weighted by Crippen LogP contribution is 2.17. The van der Waals surface area contributed by atoms with E-state index in [0.717, 1.165) is 18.4 Å². The number of amidine groups is 1. The molecule has 0 bridgehead atoms. The summed E-state index contributed by atoms with van der Waals surface area (Å²) in [6, 6.07) is 9.58. The number of carbonyl (C=O) groups excluding carboxylic acids is 1. The molecule has 0 atom stereocenters. The van der Waals surface area contributed by atoms with Crippen LogP contribution in [0.15, 0.2) is 53.9 Å². The summed E-state index contributed by atoms with van der Waals surface area (Å²) in [6.07, 6.45) is 6.22. The highest BCUT2D eigenvalue weighted by Gasteiger charge is 2.26. The van der Waals surface area contributed by atoms with Crippen molar-refractivity contribution >= 4 is 35.0 Å². The fraction of sp³-hybridized carbons (Fsp3) is 0.316. The van der Waals surface area contributed by atoms with Gasteiger partial charge in [-0.25, -0.2) is 14.8 Å². The van der Waals surface area contributed by atoms with Gasteiger partial charge in [0, 0.05) is 44.1 Å². The second-order valence-corrected chi connectivity index (χ2v) is 6.86. The molecule has 9 heteroatoms. The molecule has 3 rings (SSSR count). The van der Waals surface area contributed by atoms with Crippen LogP contribution in [0.3, 0.4) is 0 Å². The summed E-state index contributed by atoms with van der Waals surface area (Å²) in [7, 11) is 1.92. The lowest BCUT2D eigenvalue weighted by atomic mass is 10.0. The largest absolute Gasteiger partial charge is 0.383 e. The van der Waals surface area contributed by atoms with Crippen LogP contribution in [-0.4, -0.2) is 62.9 Å². The number of piperidine rings is 1. The molecular weight excluding hydrogens is 374 g/mol. The molecule has 1 aliphatic heterocycles. The zero-order chi connectivity index (χ0) is 19.9. The first kappa shape index (κ1) is 19.7. The number of hydrogen-bond donors (Lipinski definition) is 2. The third kappa shape index (κ3) is 5.01. The summed E-state index contributed by atoms with van der Waals surface area (Å²) < 4.78 is 0. The molecule has 0 spiro atoms. The molecule has 1 saturated heterocycles. The normalized spacial score (nSPS) is 15.2. The monoisotopic (exact) mass is 397 g/mol. The maximum absolute atomic E-state index is 12.3. The van der Waals surface area contributed by atoms with Crippen LogP contribution < -0.4 is 11.1 Å². The average molecular weight is 398 g/mol. The minimum atomic E-state index is -0.171. The highest BCUT2D eigenvalue weighted by atomic mass is 32.1. The summed E-state index contributed by atoms with van der Waals surface area (Å²) in [5, 5.41) is 3.21. The van der Waals surface area contributed by atoms with Crippen molar-refractivity contribution in [3.05, 3.63) is 54.5 Å². The Kier molecular flexibility index (Phi) is 6.49. The van der Waals surface area contributed by atoms with Gasteiger partial charge in [-0.15, -0.1) is 0 Å². The van der Waals surface area contributed by atoms with Gasteiger partial charge in [0.15, 0.2) is 10.9 Å². The van der Waals surface area contributed by atoms with E-state index in [1.54, 1.807) is 17.3 Å². The Morgan fingerprint density at radius 2 is 2.00 bits per heavy atom. The standard InChI is InChI=1S/C19H23N7OS/c1-25(19(28)24-17(20)14-5-3-2-4-6-14)15-7-11-26(12-8-15)18(27)23-16-13-21-9-10-22-16/h2-6,9-10,13,15H,7-8,11-12H2,1H3,(H2,20,24,28)(H,22,23,27). The molecule has 1 fully saturated rings. The fourth-order valence-electron chi connectivity index (χ4n) is 3.02. The van der Waals surface area contributed by atoms with E-state index in [2.05, 4.69) is 20.3 Å². The Morgan fingerprint density at radius 1 is 1.29 bits per heavy atom. The van der Waals surface area contributed by atoms with E-state index in [9.17, 15) is 4.79 Å². The number of amides is 2. The lowest BCUT2D eigenvalue weighted by Crippen LogP contribution is -2.48. The second-order valence-electron chi connectivity index (χ2n) is 6.50. The quantitative estimate of drug-likeness (QED) is 0.467. The first-order valence-electron chi connectivity index (χ1n) is 9.03. The Morgan fingerprint density at radius 3 is 2.64 bits per heavy atom. The van der Waals surface area contributed by atoms with Gasteiger partial charge in [-0.2, -0.15) is 0 Å². The van der Waals surface area contributed by atoms with Crippen LogP contribution in [0, 0.1) is 0 Å². The van der Waals surface area contributed by atoms with Crippen molar-refractivity contribution in [2.75, 3.05) is 25.5 Å². The third-order valence-electron chi connectivity index (χ3n) is 4.68. The number of thiocarbonyl (C=S) groups is 1. The van der Waals surface area contributed by atoms with Crippen molar-refractivity contribution in [3.8, 4) is 0 Å². The molecule has 146 valence electrons. The van der Waals surface area contributed by atoms with E-state index in [0.29, 0.717) is 29.9 Å². The Balaban J connectivity index is 1.52. The van der Waals surface area contributed by atoms with Crippen LogP contribution in [0.4, 0.5) is 10.6 Å². The molecule has 0 aliphatic carbocycles. The molecule has 0 radical (unpaired) electrons. The Bertz CT molecular complexity index is 836. The van der Waals surface area contributed by atoms with Gasteiger partial charge in [-0.05, 0) is 25.1 Å². The molecule has 1 aromatic heterocycles. The van der Waals surface area contributed by atoms with Crippen molar-refractivity contribution in [3.63, 3.8) is 0 Å². The maximum Gasteiger partial charge on any atom is 0.323 e. The fourth-order valence-corrected chi connectivity index (χ4v) is 3.27. The third-order valence-corrected chi connectivity index (χ3v) is 5.06. The summed E-state index contributed by atoms with van der Waals surface area (Å²) in [4.78, 5) is 28.5. The minimum Gasteiger partial charge on any atom is -0.383 e.